The molecule has 0 spiro atoms. The SMILES string of the molecule is Cc1cccc(C)c1NC(=O)c1nnn(-c2ccc(F)cc2)c1C. The van der Waals surface area contributed by atoms with Crippen LogP contribution in [0.2, 0.25) is 0 Å². The van der Waals surface area contributed by atoms with Crippen LogP contribution < -0.4 is 5.32 Å². The molecule has 0 unspecified atom stereocenters. The van der Waals surface area contributed by atoms with Gasteiger partial charge in [0.05, 0.1) is 11.4 Å². The zero-order valence-corrected chi connectivity index (χ0v) is 13.7. The lowest BCUT2D eigenvalue weighted by molar-refractivity contribution is 0.102. The number of aryl methyl sites for hydroxylation is 2. The van der Waals surface area contributed by atoms with Crippen molar-refractivity contribution >= 4 is 11.6 Å². The van der Waals surface area contributed by atoms with Gasteiger partial charge in [-0.25, -0.2) is 9.07 Å². The summed E-state index contributed by atoms with van der Waals surface area (Å²) < 4.78 is 14.6. The van der Waals surface area contributed by atoms with E-state index in [1.165, 1.54) is 16.8 Å². The second-order valence-corrected chi connectivity index (χ2v) is 5.63. The van der Waals surface area contributed by atoms with Crippen molar-refractivity contribution < 1.29 is 9.18 Å². The lowest BCUT2D eigenvalue weighted by atomic mass is 10.1. The number of benzene rings is 2. The fourth-order valence-electron chi connectivity index (χ4n) is 2.55. The second-order valence-electron chi connectivity index (χ2n) is 5.63. The average Bonchev–Trinajstić information content (AvgIpc) is 2.93. The maximum Gasteiger partial charge on any atom is 0.278 e. The number of para-hydroxylation sites is 1. The van der Waals surface area contributed by atoms with Gasteiger partial charge < -0.3 is 5.32 Å². The third-order valence-electron chi connectivity index (χ3n) is 3.90. The average molecular weight is 324 g/mol. The molecule has 0 aliphatic heterocycles. The fourth-order valence-corrected chi connectivity index (χ4v) is 2.55. The van der Waals surface area contributed by atoms with Crippen molar-refractivity contribution in [1.29, 1.82) is 0 Å². The molecule has 2 aromatic carbocycles. The van der Waals surface area contributed by atoms with Gasteiger partial charge in [0.15, 0.2) is 5.69 Å². The lowest BCUT2D eigenvalue weighted by Crippen LogP contribution is -2.15. The zero-order chi connectivity index (χ0) is 17.3. The first-order valence-corrected chi connectivity index (χ1v) is 7.53. The Kier molecular flexibility index (Phi) is 4.12. The van der Waals surface area contributed by atoms with E-state index >= 15 is 0 Å². The van der Waals surface area contributed by atoms with Gasteiger partial charge in [0.25, 0.3) is 5.91 Å². The van der Waals surface area contributed by atoms with E-state index in [9.17, 15) is 9.18 Å². The van der Waals surface area contributed by atoms with Gasteiger partial charge in [0, 0.05) is 5.69 Å². The number of carbonyl (C=O) groups is 1. The number of hydrogen-bond acceptors (Lipinski definition) is 3. The molecule has 0 radical (unpaired) electrons. The predicted octanol–water partition coefficient (Wildman–Crippen LogP) is 3.58. The Bertz CT molecular complexity index is 880. The number of nitrogens with one attached hydrogen (secondary N) is 1. The molecule has 6 heteroatoms. The molecule has 3 aromatic rings. The normalized spacial score (nSPS) is 10.7. The van der Waals surface area contributed by atoms with Gasteiger partial charge in [0.1, 0.15) is 5.82 Å². The van der Waals surface area contributed by atoms with Gasteiger partial charge in [-0.05, 0) is 56.2 Å². The molecular formula is C18H17FN4O. The van der Waals surface area contributed by atoms with Crippen LogP contribution in [0.25, 0.3) is 5.69 Å². The standard InChI is InChI=1S/C18H17FN4O/c1-11-5-4-6-12(2)16(11)20-18(24)17-13(3)23(22-21-17)15-9-7-14(19)8-10-15/h4-10H,1-3H3,(H,20,24). The maximum absolute atomic E-state index is 13.0. The number of rotatable bonds is 3. The molecule has 122 valence electrons. The minimum Gasteiger partial charge on any atom is -0.320 e. The molecule has 24 heavy (non-hydrogen) atoms. The highest BCUT2D eigenvalue weighted by Gasteiger charge is 2.18. The Morgan fingerprint density at radius 2 is 1.67 bits per heavy atom. The number of aromatic nitrogens is 3. The zero-order valence-electron chi connectivity index (χ0n) is 13.7. The summed E-state index contributed by atoms with van der Waals surface area (Å²) in [5, 5.41) is 10.9. The lowest BCUT2D eigenvalue weighted by Gasteiger charge is -2.10. The number of halogens is 1. The van der Waals surface area contributed by atoms with Gasteiger partial charge in [-0.3, -0.25) is 4.79 Å². The molecule has 0 fully saturated rings. The first kappa shape index (κ1) is 15.9. The van der Waals surface area contributed by atoms with E-state index in [-0.39, 0.29) is 17.4 Å². The molecule has 1 aromatic heterocycles. The predicted molar refractivity (Wildman–Crippen MR) is 89.9 cm³/mol. The second kappa shape index (κ2) is 6.23. The third-order valence-corrected chi connectivity index (χ3v) is 3.90. The molecular weight excluding hydrogens is 307 g/mol. The molecule has 1 N–H and O–H groups in total. The van der Waals surface area contributed by atoms with Crippen LogP contribution in [0.3, 0.4) is 0 Å². The van der Waals surface area contributed by atoms with Crippen LogP contribution in [0.15, 0.2) is 42.5 Å². The van der Waals surface area contributed by atoms with Crippen molar-refractivity contribution in [2.75, 3.05) is 5.32 Å². The van der Waals surface area contributed by atoms with Crippen LogP contribution in [0, 0.1) is 26.6 Å². The third kappa shape index (κ3) is 2.90. The highest BCUT2D eigenvalue weighted by Crippen LogP contribution is 2.21. The van der Waals surface area contributed by atoms with Gasteiger partial charge in [-0.1, -0.05) is 23.4 Å². The molecule has 0 aliphatic carbocycles. The van der Waals surface area contributed by atoms with Crippen molar-refractivity contribution in [1.82, 2.24) is 15.0 Å². The Morgan fingerprint density at radius 1 is 1.04 bits per heavy atom. The van der Waals surface area contributed by atoms with Crippen LogP contribution in [0.4, 0.5) is 10.1 Å². The molecule has 5 nitrogen and oxygen atoms in total. The Labute approximate surface area is 139 Å². The topological polar surface area (TPSA) is 59.8 Å². The van der Waals surface area contributed by atoms with Gasteiger partial charge in [-0.15, -0.1) is 5.10 Å². The van der Waals surface area contributed by atoms with Crippen molar-refractivity contribution in [2.24, 2.45) is 0 Å². The van der Waals surface area contributed by atoms with E-state index in [4.69, 9.17) is 0 Å². The van der Waals surface area contributed by atoms with Crippen molar-refractivity contribution in [3.05, 3.63) is 70.8 Å². The van der Waals surface area contributed by atoms with Crippen molar-refractivity contribution in [3.63, 3.8) is 0 Å². The Morgan fingerprint density at radius 3 is 2.29 bits per heavy atom. The van der Waals surface area contributed by atoms with Crippen LogP contribution in [-0.4, -0.2) is 20.9 Å². The Hall–Kier alpha value is -3.02. The summed E-state index contributed by atoms with van der Waals surface area (Å²) in [6.07, 6.45) is 0. The molecule has 0 saturated heterocycles. The van der Waals surface area contributed by atoms with Crippen LogP contribution >= 0.6 is 0 Å². The summed E-state index contributed by atoms with van der Waals surface area (Å²) in [6.45, 7) is 5.62. The first-order chi connectivity index (χ1) is 11.5. The quantitative estimate of drug-likeness (QED) is 0.801. The molecule has 1 heterocycles. The summed E-state index contributed by atoms with van der Waals surface area (Å²) >= 11 is 0. The molecule has 3 rings (SSSR count). The van der Waals surface area contributed by atoms with Crippen molar-refractivity contribution in [3.8, 4) is 5.69 Å². The molecule has 0 saturated carbocycles. The number of anilines is 1. The fraction of sp³-hybridized carbons (Fsp3) is 0.167. The smallest absolute Gasteiger partial charge is 0.278 e. The van der Waals surface area contributed by atoms with Crippen molar-refractivity contribution in [2.45, 2.75) is 20.8 Å². The maximum atomic E-state index is 13.0. The molecule has 0 aliphatic rings. The summed E-state index contributed by atoms with van der Waals surface area (Å²) in [5.41, 5.74) is 4.21. The van der Waals surface area contributed by atoms with Gasteiger partial charge >= 0.3 is 0 Å². The van der Waals surface area contributed by atoms with Crippen LogP contribution in [0.5, 0.6) is 0 Å². The number of carbonyl (C=O) groups excluding carboxylic acids is 1. The van der Waals surface area contributed by atoms with Crippen LogP contribution in [0.1, 0.15) is 27.3 Å². The summed E-state index contributed by atoms with van der Waals surface area (Å²) in [7, 11) is 0. The van der Waals surface area contributed by atoms with E-state index in [1.54, 1.807) is 19.1 Å². The van der Waals surface area contributed by atoms with E-state index in [2.05, 4.69) is 15.6 Å². The van der Waals surface area contributed by atoms with Gasteiger partial charge in [0.2, 0.25) is 0 Å². The molecule has 0 atom stereocenters. The van der Waals surface area contributed by atoms with E-state index < -0.39 is 0 Å². The van der Waals surface area contributed by atoms with E-state index in [0.717, 1.165) is 16.8 Å². The van der Waals surface area contributed by atoms with Crippen LogP contribution in [-0.2, 0) is 0 Å². The minimum absolute atomic E-state index is 0.238. The van der Waals surface area contributed by atoms with Gasteiger partial charge in [-0.2, -0.15) is 0 Å². The molecule has 0 bridgehead atoms. The summed E-state index contributed by atoms with van der Waals surface area (Å²) in [6, 6.07) is 11.7. The monoisotopic (exact) mass is 324 g/mol. The number of hydrogen-bond donors (Lipinski definition) is 1. The minimum atomic E-state index is -0.329. The highest BCUT2D eigenvalue weighted by molar-refractivity contribution is 6.04. The first-order valence-electron chi connectivity index (χ1n) is 7.53. The number of amides is 1. The van der Waals surface area contributed by atoms with E-state index in [0.29, 0.717) is 11.4 Å². The number of nitrogens with zero attached hydrogens (tertiary/aromatic N) is 3. The largest absolute Gasteiger partial charge is 0.320 e. The summed E-state index contributed by atoms with van der Waals surface area (Å²) in [5.74, 6) is -0.650. The highest BCUT2D eigenvalue weighted by atomic mass is 19.1. The Balaban J connectivity index is 1.90. The molecule has 1 amide bonds. The summed E-state index contributed by atoms with van der Waals surface area (Å²) in [4.78, 5) is 12.6. The van der Waals surface area contributed by atoms with E-state index in [1.807, 2.05) is 32.0 Å².